The molecule has 0 aliphatic carbocycles. The molecular formula is C14H15NO6. The zero-order valence-electron chi connectivity index (χ0n) is 11.1. The van der Waals surface area contributed by atoms with Crippen molar-refractivity contribution >= 4 is 18.0 Å². The summed E-state index contributed by atoms with van der Waals surface area (Å²) < 4.78 is 5.05. The fourth-order valence-electron chi connectivity index (χ4n) is 2.36. The lowest BCUT2D eigenvalue weighted by Gasteiger charge is -2.22. The number of ether oxygens (including phenoxy) is 1. The van der Waals surface area contributed by atoms with Crippen LogP contribution in [0.15, 0.2) is 30.3 Å². The summed E-state index contributed by atoms with van der Waals surface area (Å²) in [4.78, 5) is 35.1. The molecule has 2 atom stereocenters. The number of likely N-dealkylation sites (tertiary alicyclic amines) is 1. The van der Waals surface area contributed by atoms with E-state index in [2.05, 4.69) is 0 Å². The van der Waals surface area contributed by atoms with Crippen LogP contribution in [-0.2, 0) is 20.9 Å². The van der Waals surface area contributed by atoms with Gasteiger partial charge in [-0.15, -0.1) is 0 Å². The minimum absolute atomic E-state index is 0.0141. The van der Waals surface area contributed by atoms with Crippen LogP contribution in [0.5, 0.6) is 0 Å². The molecule has 0 radical (unpaired) electrons. The van der Waals surface area contributed by atoms with Crippen molar-refractivity contribution in [1.82, 2.24) is 4.90 Å². The standard InChI is InChI=1S/C14H15NO6/c16-12(17)10-6-7-15(11(10)13(18)19)14(20)21-8-9-4-2-1-3-5-9/h1-5,10-11H,6-8H2,(H,16,17)(H,18,19). The van der Waals surface area contributed by atoms with Gasteiger partial charge in [0.25, 0.3) is 0 Å². The summed E-state index contributed by atoms with van der Waals surface area (Å²) in [5, 5.41) is 18.1. The number of hydrogen-bond acceptors (Lipinski definition) is 4. The average Bonchev–Trinajstić information content (AvgIpc) is 2.91. The van der Waals surface area contributed by atoms with Gasteiger partial charge in [-0.1, -0.05) is 30.3 Å². The Bertz CT molecular complexity index is 544. The predicted molar refractivity (Wildman–Crippen MR) is 70.5 cm³/mol. The molecule has 0 bridgehead atoms. The maximum absolute atomic E-state index is 11.9. The molecule has 1 heterocycles. The van der Waals surface area contributed by atoms with Crippen LogP contribution < -0.4 is 0 Å². The minimum Gasteiger partial charge on any atom is -0.481 e. The second-order valence-corrected chi connectivity index (χ2v) is 4.75. The van der Waals surface area contributed by atoms with Gasteiger partial charge in [-0.05, 0) is 12.0 Å². The molecule has 1 fully saturated rings. The molecule has 1 aromatic rings. The molecule has 1 aliphatic heterocycles. The number of amides is 1. The van der Waals surface area contributed by atoms with E-state index in [1.165, 1.54) is 0 Å². The normalized spacial score (nSPS) is 21.0. The van der Waals surface area contributed by atoms with Crippen LogP contribution >= 0.6 is 0 Å². The molecule has 1 saturated heterocycles. The minimum atomic E-state index is -1.38. The fourth-order valence-corrected chi connectivity index (χ4v) is 2.36. The maximum Gasteiger partial charge on any atom is 0.410 e. The topological polar surface area (TPSA) is 104 Å². The predicted octanol–water partition coefficient (Wildman–Crippen LogP) is 1.18. The van der Waals surface area contributed by atoms with Crippen molar-refractivity contribution in [3.05, 3.63) is 35.9 Å². The Morgan fingerprint density at radius 1 is 1.14 bits per heavy atom. The SMILES string of the molecule is O=C(O)C1CCN(C(=O)OCc2ccccc2)C1C(=O)O. The Morgan fingerprint density at radius 3 is 2.38 bits per heavy atom. The summed E-state index contributed by atoms with van der Waals surface area (Å²) in [6, 6.07) is 7.56. The Hall–Kier alpha value is -2.57. The van der Waals surface area contributed by atoms with E-state index in [9.17, 15) is 14.4 Å². The van der Waals surface area contributed by atoms with E-state index in [0.29, 0.717) is 0 Å². The van der Waals surface area contributed by atoms with Gasteiger partial charge in [0.1, 0.15) is 12.6 Å². The van der Waals surface area contributed by atoms with Crippen molar-refractivity contribution < 1.29 is 29.3 Å². The van der Waals surface area contributed by atoms with Crippen molar-refractivity contribution in [1.29, 1.82) is 0 Å². The summed E-state index contributed by atoms with van der Waals surface area (Å²) in [7, 11) is 0. The second-order valence-electron chi connectivity index (χ2n) is 4.75. The quantitative estimate of drug-likeness (QED) is 0.864. The highest BCUT2D eigenvalue weighted by molar-refractivity contribution is 5.87. The Kier molecular flexibility index (Phi) is 4.42. The largest absolute Gasteiger partial charge is 0.481 e. The summed E-state index contributed by atoms with van der Waals surface area (Å²) >= 11 is 0. The number of carbonyl (C=O) groups is 3. The first-order valence-electron chi connectivity index (χ1n) is 6.43. The van der Waals surface area contributed by atoms with Gasteiger partial charge in [0.15, 0.2) is 0 Å². The summed E-state index contributed by atoms with van der Waals surface area (Å²) in [5.74, 6) is -3.66. The molecule has 2 unspecified atom stereocenters. The number of nitrogens with zero attached hydrogens (tertiary/aromatic N) is 1. The van der Waals surface area contributed by atoms with E-state index >= 15 is 0 Å². The van der Waals surface area contributed by atoms with Gasteiger partial charge in [0.05, 0.1) is 5.92 Å². The van der Waals surface area contributed by atoms with E-state index in [1.54, 1.807) is 24.3 Å². The van der Waals surface area contributed by atoms with E-state index in [0.717, 1.165) is 10.5 Å². The third-order valence-electron chi connectivity index (χ3n) is 3.41. The van der Waals surface area contributed by atoms with Gasteiger partial charge < -0.3 is 14.9 Å². The van der Waals surface area contributed by atoms with Gasteiger partial charge in [0, 0.05) is 6.54 Å². The van der Waals surface area contributed by atoms with Crippen molar-refractivity contribution in [2.45, 2.75) is 19.1 Å². The fraction of sp³-hybridized carbons (Fsp3) is 0.357. The van der Waals surface area contributed by atoms with Crippen LogP contribution in [0.4, 0.5) is 4.79 Å². The summed E-state index contributed by atoms with van der Waals surface area (Å²) in [5.41, 5.74) is 0.770. The third kappa shape index (κ3) is 3.31. The van der Waals surface area contributed by atoms with Crippen LogP contribution in [0.25, 0.3) is 0 Å². The van der Waals surface area contributed by atoms with Gasteiger partial charge in [-0.2, -0.15) is 0 Å². The van der Waals surface area contributed by atoms with E-state index < -0.39 is 30.0 Å². The van der Waals surface area contributed by atoms with Gasteiger partial charge in [-0.25, -0.2) is 9.59 Å². The number of rotatable bonds is 4. The van der Waals surface area contributed by atoms with Crippen LogP contribution in [0.3, 0.4) is 0 Å². The lowest BCUT2D eigenvalue weighted by molar-refractivity contribution is -0.151. The highest BCUT2D eigenvalue weighted by atomic mass is 16.6. The molecule has 1 aromatic carbocycles. The molecule has 1 aliphatic rings. The molecule has 112 valence electrons. The lowest BCUT2D eigenvalue weighted by atomic mass is 10.0. The molecule has 2 rings (SSSR count). The molecule has 7 nitrogen and oxygen atoms in total. The van der Waals surface area contributed by atoms with Crippen LogP contribution in [0.2, 0.25) is 0 Å². The summed E-state index contributed by atoms with van der Waals surface area (Å²) in [6.45, 7) is 0.0712. The first-order chi connectivity index (χ1) is 10.0. The van der Waals surface area contributed by atoms with Crippen molar-refractivity contribution in [3.63, 3.8) is 0 Å². The van der Waals surface area contributed by atoms with E-state index in [1.807, 2.05) is 6.07 Å². The van der Waals surface area contributed by atoms with Gasteiger partial charge in [-0.3, -0.25) is 9.69 Å². The molecule has 21 heavy (non-hydrogen) atoms. The number of benzene rings is 1. The second kappa shape index (κ2) is 6.25. The van der Waals surface area contributed by atoms with E-state index in [4.69, 9.17) is 14.9 Å². The van der Waals surface area contributed by atoms with Crippen molar-refractivity contribution in [2.24, 2.45) is 5.92 Å². The van der Waals surface area contributed by atoms with Crippen LogP contribution in [-0.4, -0.2) is 45.7 Å². The highest BCUT2D eigenvalue weighted by Crippen LogP contribution is 2.26. The smallest absolute Gasteiger partial charge is 0.410 e. The number of carboxylic acid groups (broad SMARTS) is 2. The van der Waals surface area contributed by atoms with Crippen LogP contribution in [0, 0.1) is 5.92 Å². The molecule has 2 N–H and O–H groups in total. The molecule has 0 saturated carbocycles. The molecule has 0 spiro atoms. The molecule has 0 aromatic heterocycles. The number of carboxylic acids is 2. The summed E-state index contributed by atoms with van der Waals surface area (Å²) in [6.07, 6.45) is -0.706. The number of carbonyl (C=O) groups excluding carboxylic acids is 1. The van der Waals surface area contributed by atoms with Crippen molar-refractivity contribution in [3.8, 4) is 0 Å². The molecule has 1 amide bonds. The van der Waals surface area contributed by atoms with Crippen LogP contribution in [0.1, 0.15) is 12.0 Å². The maximum atomic E-state index is 11.9. The number of aliphatic carboxylic acids is 2. The Morgan fingerprint density at radius 2 is 1.81 bits per heavy atom. The Balaban J connectivity index is 2.01. The monoisotopic (exact) mass is 293 g/mol. The highest BCUT2D eigenvalue weighted by Gasteiger charge is 2.46. The van der Waals surface area contributed by atoms with Gasteiger partial charge in [0.2, 0.25) is 0 Å². The zero-order chi connectivity index (χ0) is 15.4. The van der Waals surface area contributed by atoms with Crippen molar-refractivity contribution in [2.75, 3.05) is 6.54 Å². The van der Waals surface area contributed by atoms with E-state index in [-0.39, 0.29) is 19.6 Å². The lowest BCUT2D eigenvalue weighted by Crippen LogP contribution is -2.45. The first-order valence-corrected chi connectivity index (χ1v) is 6.43. The number of hydrogen-bond donors (Lipinski definition) is 2. The molecule has 7 heteroatoms. The Labute approximate surface area is 120 Å². The first kappa shape index (κ1) is 14.8. The molecular weight excluding hydrogens is 278 g/mol. The van der Waals surface area contributed by atoms with Gasteiger partial charge >= 0.3 is 18.0 Å². The third-order valence-corrected chi connectivity index (χ3v) is 3.41. The average molecular weight is 293 g/mol. The zero-order valence-corrected chi connectivity index (χ0v) is 11.1.